The van der Waals surface area contributed by atoms with Gasteiger partial charge in [-0.05, 0) is 48.5 Å². The molecule has 0 saturated carbocycles. The van der Waals surface area contributed by atoms with Crippen LogP contribution in [-0.4, -0.2) is 44.0 Å². The van der Waals surface area contributed by atoms with Gasteiger partial charge in [-0.15, -0.1) is 11.3 Å². The van der Waals surface area contributed by atoms with Gasteiger partial charge in [0.2, 0.25) is 10.0 Å². The molecular formula is C25H23N3O4S2. The van der Waals surface area contributed by atoms with Gasteiger partial charge in [-0.2, -0.15) is 4.31 Å². The molecule has 1 saturated heterocycles. The van der Waals surface area contributed by atoms with Gasteiger partial charge >= 0.3 is 0 Å². The smallest absolute Gasteiger partial charge is 0.243 e. The van der Waals surface area contributed by atoms with Gasteiger partial charge in [-0.25, -0.2) is 13.4 Å². The molecular weight excluding hydrogens is 470 g/mol. The Bertz CT molecular complexity index is 1330. The van der Waals surface area contributed by atoms with Crippen LogP contribution in [0.5, 0.6) is 11.5 Å². The molecule has 0 bridgehead atoms. The highest BCUT2D eigenvalue weighted by Crippen LogP contribution is 2.30. The van der Waals surface area contributed by atoms with E-state index in [0.717, 1.165) is 33.6 Å². The Hall–Kier alpha value is -3.24. The Kier molecular flexibility index (Phi) is 6.59. The van der Waals surface area contributed by atoms with E-state index in [-0.39, 0.29) is 4.90 Å². The number of rotatable bonds is 7. The standard InChI is InChI=1S/C25H23N3O4S2/c29-34(30,28-14-16-31-17-15-28)23-12-6-19(7-13-23)24-18-33-25(27-24)26-20-8-10-22(11-9-20)32-21-4-2-1-3-5-21/h1-13,18H,14-17H2,(H,26,27). The monoisotopic (exact) mass is 493 g/mol. The Balaban J connectivity index is 1.24. The third-order valence-electron chi connectivity index (χ3n) is 5.35. The lowest BCUT2D eigenvalue weighted by molar-refractivity contribution is 0.0730. The zero-order chi connectivity index (χ0) is 23.4. The van der Waals surface area contributed by atoms with Crippen molar-refractivity contribution >= 4 is 32.2 Å². The van der Waals surface area contributed by atoms with E-state index in [2.05, 4.69) is 10.3 Å². The summed E-state index contributed by atoms with van der Waals surface area (Å²) < 4.78 is 38.2. The van der Waals surface area contributed by atoms with Crippen LogP contribution in [-0.2, 0) is 14.8 Å². The first kappa shape index (κ1) is 22.5. The SMILES string of the molecule is O=S(=O)(c1ccc(-c2csc(Nc3ccc(Oc4ccccc4)cc3)n2)cc1)N1CCOCC1. The van der Waals surface area contributed by atoms with Crippen LogP contribution in [0.4, 0.5) is 10.8 Å². The number of nitrogens with one attached hydrogen (secondary N) is 1. The molecule has 1 aliphatic rings. The van der Waals surface area contributed by atoms with Crippen LogP contribution >= 0.6 is 11.3 Å². The first-order valence-electron chi connectivity index (χ1n) is 10.8. The highest BCUT2D eigenvalue weighted by atomic mass is 32.2. The van der Waals surface area contributed by atoms with Gasteiger partial charge < -0.3 is 14.8 Å². The van der Waals surface area contributed by atoms with Gasteiger partial charge in [0.05, 0.1) is 23.8 Å². The Morgan fingerprint density at radius 3 is 2.26 bits per heavy atom. The molecule has 34 heavy (non-hydrogen) atoms. The molecule has 3 aromatic carbocycles. The Morgan fingerprint density at radius 2 is 1.56 bits per heavy atom. The van der Waals surface area contributed by atoms with Crippen molar-refractivity contribution in [1.82, 2.24) is 9.29 Å². The van der Waals surface area contributed by atoms with E-state index in [4.69, 9.17) is 9.47 Å². The minimum Gasteiger partial charge on any atom is -0.457 e. The number of morpholine rings is 1. The van der Waals surface area contributed by atoms with Gasteiger partial charge in [0.15, 0.2) is 5.13 Å². The Labute approximate surface area is 202 Å². The quantitative estimate of drug-likeness (QED) is 0.373. The molecule has 7 nitrogen and oxygen atoms in total. The molecule has 1 fully saturated rings. The summed E-state index contributed by atoms with van der Waals surface area (Å²) in [5.74, 6) is 1.54. The van der Waals surface area contributed by atoms with Crippen LogP contribution in [0.2, 0.25) is 0 Å². The average molecular weight is 494 g/mol. The number of hydrogen-bond acceptors (Lipinski definition) is 7. The second-order valence-electron chi connectivity index (χ2n) is 7.64. The fourth-order valence-corrected chi connectivity index (χ4v) is 5.70. The fraction of sp³-hybridized carbons (Fsp3) is 0.160. The van der Waals surface area contributed by atoms with Crippen molar-refractivity contribution in [3.63, 3.8) is 0 Å². The van der Waals surface area contributed by atoms with Gasteiger partial charge in [0.25, 0.3) is 0 Å². The number of nitrogens with zero attached hydrogens (tertiary/aromatic N) is 2. The highest BCUT2D eigenvalue weighted by molar-refractivity contribution is 7.89. The Morgan fingerprint density at radius 1 is 0.882 bits per heavy atom. The van der Waals surface area contributed by atoms with Crippen LogP contribution in [0.15, 0.2) is 89.1 Å². The molecule has 0 unspecified atom stereocenters. The zero-order valence-electron chi connectivity index (χ0n) is 18.3. The molecule has 2 heterocycles. The molecule has 1 aliphatic heterocycles. The number of para-hydroxylation sites is 1. The van der Waals surface area contributed by atoms with Crippen molar-refractivity contribution in [2.24, 2.45) is 0 Å². The molecule has 0 atom stereocenters. The van der Waals surface area contributed by atoms with E-state index in [1.54, 1.807) is 24.3 Å². The third-order valence-corrected chi connectivity index (χ3v) is 8.02. The van der Waals surface area contributed by atoms with E-state index in [0.29, 0.717) is 26.3 Å². The number of aromatic nitrogens is 1. The molecule has 0 radical (unpaired) electrons. The third kappa shape index (κ3) is 5.13. The number of benzene rings is 3. The summed E-state index contributed by atoms with van der Waals surface area (Å²) >= 11 is 1.48. The summed E-state index contributed by atoms with van der Waals surface area (Å²) in [6, 6.07) is 24.2. The summed E-state index contributed by atoms with van der Waals surface area (Å²) in [6.07, 6.45) is 0. The molecule has 1 aromatic heterocycles. The van der Waals surface area contributed by atoms with E-state index in [9.17, 15) is 8.42 Å². The van der Waals surface area contributed by atoms with Crippen molar-refractivity contribution in [2.75, 3.05) is 31.6 Å². The number of ether oxygens (including phenoxy) is 2. The zero-order valence-corrected chi connectivity index (χ0v) is 19.9. The maximum absolute atomic E-state index is 12.8. The van der Waals surface area contributed by atoms with Crippen molar-refractivity contribution in [3.8, 4) is 22.8 Å². The predicted octanol–water partition coefficient (Wildman–Crippen LogP) is 5.37. The van der Waals surface area contributed by atoms with Crippen molar-refractivity contribution in [2.45, 2.75) is 4.90 Å². The van der Waals surface area contributed by atoms with Crippen LogP contribution in [0.1, 0.15) is 0 Å². The highest BCUT2D eigenvalue weighted by Gasteiger charge is 2.26. The van der Waals surface area contributed by atoms with Crippen molar-refractivity contribution < 1.29 is 17.9 Å². The second kappa shape index (κ2) is 9.94. The maximum Gasteiger partial charge on any atom is 0.243 e. The molecule has 9 heteroatoms. The molecule has 1 N–H and O–H groups in total. The maximum atomic E-state index is 12.8. The van der Waals surface area contributed by atoms with Crippen LogP contribution < -0.4 is 10.1 Å². The van der Waals surface area contributed by atoms with Crippen molar-refractivity contribution in [3.05, 3.63) is 84.2 Å². The normalized spacial score (nSPS) is 14.6. The molecule has 0 spiro atoms. The summed E-state index contributed by atoms with van der Waals surface area (Å²) in [5.41, 5.74) is 2.54. The van der Waals surface area contributed by atoms with Gasteiger partial charge in [0, 0.05) is 29.7 Å². The van der Waals surface area contributed by atoms with Crippen molar-refractivity contribution in [1.29, 1.82) is 0 Å². The van der Waals surface area contributed by atoms with Crippen LogP contribution in [0.25, 0.3) is 11.3 Å². The summed E-state index contributed by atoms with van der Waals surface area (Å²) in [5, 5.41) is 5.99. The molecule has 0 amide bonds. The van der Waals surface area contributed by atoms with E-state index < -0.39 is 10.0 Å². The van der Waals surface area contributed by atoms with Crippen LogP contribution in [0.3, 0.4) is 0 Å². The van der Waals surface area contributed by atoms with Gasteiger partial charge in [-0.3, -0.25) is 0 Å². The number of hydrogen-bond donors (Lipinski definition) is 1. The fourth-order valence-electron chi connectivity index (χ4n) is 3.55. The molecule has 0 aliphatic carbocycles. The predicted molar refractivity (Wildman–Crippen MR) is 133 cm³/mol. The largest absolute Gasteiger partial charge is 0.457 e. The lowest BCUT2D eigenvalue weighted by Gasteiger charge is -2.26. The second-order valence-corrected chi connectivity index (χ2v) is 10.4. The lowest BCUT2D eigenvalue weighted by atomic mass is 10.2. The van der Waals surface area contributed by atoms with E-state index in [1.807, 2.05) is 60.0 Å². The number of thiazole rings is 1. The topological polar surface area (TPSA) is 80.8 Å². The number of anilines is 2. The van der Waals surface area contributed by atoms with Gasteiger partial charge in [0.1, 0.15) is 11.5 Å². The summed E-state index contributed by atoms with van der Waals surface area (Å²) in [6.45, 7) is 1.61. The van der Waals surface area contributed by atoms with E-state index in [1.165, 1.54) is 15.6 Å². The van der Waals surface area contributed by atoms with E-state index >= 15 is 0 Å². The minimum atomic E-state index is -3.51. The lowest BCUT2D eigenvalue weighted by Crippen LogP contribution is -2.40. The molecule has 5 rings (SSSR count). The molecule has 174 valence electrons. The first-order valence-corrected chi connectivity index (χ1v) is 13.1. The average Bonchev–Trinajstić information content (AvgIpc) is 3.35. The minimum absolute atomic E-state index is 0.282. The molecule has 4 aromatic rings. The number of sulfonamides is 1. The summed E-state index contributed by atoms with van der Waals surface area (Å²) in [7, 11) is -3.51. The summed E-state index contributed by atoms with van der Waals surface area (Å²) in [4.78, 5) is 4.93. The van der Waals surface area contributed by atoms with Gasteiger partial charge in [-0.1, -0.05) is 30.3 Å². The van der Waals surface area contributed by atoms with Crippen LogP contribution in [0, 0.1) is 0 Å². The first-order chi connectivity index (χ1) is 16.6.